The van der Waals surface area contributed by atoms with Gasteiger partial charge in [0.05, 0.1) is 16.9 Å². The van der Waals surface area contributed by atoms with Crippen LogP contribution < -0.4 is 10.2 Å². The Morgan fingerprint density at radius 3 is 2.64 bits per heavy atom. The molecule has 9 heteroatoms. The first-order chi connectivity index (χ1) is 11.9. The molecule has 2 N–H and O–H groups in total. The molecule has 0 aromatic carbocycles. The number of halogens is 4. The van der Waals surface area contributed by atoms with Gasteiger partial charge in [-0.1, -0.05) is 11.6 Å². The van der Waals surface area contributed by atoms with E-state index in [-0.39, 0.29) is 5.02 Å². The molecule has 1 aliphatic heterocycles. The number of imidazole rings is 1. The van der Waals surface area contributed by atoms with Crippen LogP contribution in [0, 0.1) is 0 Å². The molecule has 3 heterocycles. The fraction of sp³-hybridized carbons (Fsp3) is 0.500. The number of aromatic nitrogens is 3. The van der Waals surface area contributed by atoms with Gasteiger partial charge in [-0.05, 0) is 18.9 Å². The van der Waals surface area contributed by atoms with Crippen LogP contribution in [0.25, 0.3) is 0 Å². The van der Waals surface area contributed by atoms with E-state index in [1.807, 2.05) is 11.1 Å². The van der Waals surface area contributed by atoms with E-state index in [2.05, 4.69) is 20.3 Å². The molecular weight excluding hydrogens is 355 g/mol. The summed E-state index contributed by atoms with van der Waals surface area (Å²) in [5, 5.41) is 3.54. The quantitative estimate of drug-likeness (QED) is 0.844. The molecule has 2 aromatic rings. The maximum absolute atomic E-state index is 12.7. The van der Waals surface area contributed by atoms with E-state index in [0.29, 0.717) is 24.9 Å². The lowest BCUT2D eigenvalue weighted by molar-refractivity contribution is -0.137. The minimum atomic E-state index is -4.43. The molecule has 0 saturated carbocycles. The van der Waals surface area contributed by atoms with Gasteiger partial charge in [-0.3, -0.25) is 0 Å². The second kappa shape index (κ2) is 7.61. The molecule has 0 radical (unpaired) electrons. The fourth-order valence-corrected chi connectivity index (χ4v) is 3.23. The molecule has 2 aromatic heterocycles. The fourth-order valence-electron chi connectivity index (χ4n) is 2.95. The number of aromatic amines is 1. The van der Waals surface area contributed by atoms with E-state index in [1.165, 1.54) is 0 Å². The number of H-pyrrole nitrogens is 1. The predicted molar refractivity (Wildman–Crippen MR) is 89.8 cm³/mol. The Balaban J connectivity index is 1.50. The Bertz CT molecular complexity index is 682. The predicted octanol–water partition coefficient (Wildman–Crippen LogP) is 3.28. The molecule has 0 bridgehead atoms. The van der Waals surface area contributed by atoms with Crippen molar-refractivity contribution in [2.24, 2.45) is 0 Å². The smallest absolute Gasteiger partial charge is 0.355 e. The number of piperidine rings is 1. The molecular formula is C16H19ClF3N5. The van der Waals surface area contributed by atoms with Crippen molar-refractivity contribution >= 4 is 17.4 Å². The third kappa shape index (κ3) is 4.64. The molecule has 0 amide bonds. The Morgan fingerprint density at radius 1 is 1.28 bits per heavy atom. The van der Waals surface area contributed by atoms with Crippen molar-refractivity contribution in [3.05, 3.63) is 41.1 Å². The summed E-state index contributed by atoms with van der Waals surface area (Å²) in [6, 6.07) is 1.32. The van der Waals surface area contributed by atoms with Crippen LogP contribution in [0.5, 0.6) is 0 Å². The summed E-state index contributed by atoms with van der Waals surface area (Å²) in [5.41, 5.74) is 0.266. The summed E-state index contributed by atoms with van der Waals surface area (Å²) in [5.74, 6) is 0.422. The lowest BCUT2D eigenvalue weighted by atomic mass is 10.0. The van der Waals surface area contributed by atoms with Crippen LogP contribution in [-0.2, 0) is 12.6 Å². The van der Waals surface area contributed by atoms with Gasteiger partial charge in [0.25, 0.3) is 0 Å². The van der Waals surface area contributed by atoms with Crippen molar-refractivity contribution in [3.63, 3.8) is 0 Å². The molecule has 3 rings (SSSR count). The zero-order valence-electron chi connectivity index (χ0n) is 13.5. The molecule has 0 spiro atoms. The van der Waals surface area contributed by atoms with Crippen LogP contribution in [0.4, 0.5) is 19.0 Å². The van der Waals surface area contributed by atoms with Crippen LogP contribution in [0.15, 0.2) is 24.8 Å². The number of rotatable bonds is 5. The monoisotopic (exact) mass is 373 g/mol. The summed E-state index contributed by atoms with van der Waals surface area (Å²) in [6.07, 6.45) is 2.55. The van der Waals surface area contributed by atoms with Crippen molar-refractivity contribution in [2.45, 2.75) is 31.5 Å². The first kappa shape index (κ1) is 18.0. The molecule has 5 nitrogen and oxygen atoms in total. The van der Waals surface area contributed by atoms with Crippen molar-refractivity contribution in [1.82, 2.24) is 20.3 Å². The van der Waals surface area contributed by atoms with Gasteiger partial charge in [0.15, 0.2) is 0 Å². The van der Waals surface area contributed by atoms with Crippen LogP contribution in [-0.4, -0.2) is 40.6 Å². The molecule has 25 heavy (non-hydrogen) atoms. The molecule has 0 unspecified atom stereocenters. The van der Waals surface area contributed by atoms with E-state index in [1.54, 1.807) is 6.33 Å². The van der Waals surface area contributed by atoms with Gasteiger partial charge in [0.2, 0.25) is 0 Å². The second-order valence-corrected chi connectivity index (χ2v) is 6.48. The van der Waals surface area contributed by atoms with Crippen LogP contribution in [0.1, 0.15) is 24.1 Å². The number of nitrogens with one attached hydrogen (secondary N) is 2. The average Bonchev–Trinajstić information content (AvgIpc) is 3.08. The summed E-state index contributed by atoms with van der Waals surface area (Å²) in [6.45, 7) is 2.27. The van der Waals surface area contributed by atoms with Gasteiger partial charge in [-0.2, -0.15) is 13.2 Å². The van der Waals surface area contributed by atoms with E-state index in [4.69, 9.17) is 11.6 Å². The molecule has 1 fully saturated rings. The van der Waals surface area contributed by atoms with Crippen LogP contribution in [0.3, 0.4) is 0 Å². The van der Waals surface area contributed by atoms with E-state index in [0.717, 1.165) is 43.8 Å². The van der Waals surface area contributed by atoms with Gasteiger partial charge < -0.3 is 15.2 Å². The number of pyridine rings is 1. The lowest BCUT2D eigenvalue weighted by Crippen LogP contribution is -2.43. The lowest BCUT2D eigenvalue weighted by Gasteiger charge is -2.33. The first-order valence-electron chi connectivity index (χ1n) is 8.12. The molecule has 0 aliphatic carbocycles. The van der Waals surface area contributed by atoms with Gasteiger partial charge >= 0.3 is 6.18 Å². The van der Waals surface area contributed by atoms with Gasteiger partial charge in [-0.15, -0.1) is 0 Å². The first-order valence-corrected chi connectivity index (χ1v) is 8.49. The number of hydrogen-bond acceptors (Lipinski definition) is 4. The highest BCUT2D eigenvalue weighted by Crippen LogP contribution is 2.34. The SMILES string of the molecule is FC(F)(F)c1cnc(N2CCC(NCCc3cnc[nH]3)CC2)c(Cl)c1. The third-order valence-electron chi connectivity index (χ3n) is 4.33. The summed E-state index contributed by atoms with van der Waals surface area (Å²) in [4.78, 5) is 12.9. The Morgan fingerprint density at radius 2 is 2.04 bits per heavy atom. The van der Waals surface area contributed by atoms with Crippen molar-refractivity contribution in [3.8, 4) is 0 Å². The maximum Gasteiger partial charge on any atom is 0.417 e. The minimum Gasteiger partial charge on any atom is -0.355 e. The summed E-state index contributed by atoms with van der Waals surface area (Å²) < 4.78 is 38.1. The van der Waals surface area contributed by atoms with E-state index < -0.39 is 11.7 Å². The Labute approximate surface area is 148 Å². The maximum atomic E-state index is 12.7. The summed E-state index contributed by atoms with van der Waals surface area (Å²) >= 11 is 6.02. The van der Waals surface area contributed by atoms with E-state index >= 15 is 0 Å². The normalized spacial score (nSPS) is 16.4. The topological polar surface area (TPSA) is 56.8 Å². The molecule has 136 valence electrons. The number of nitrogens with zero attached hydrogens (tertiary/aromatic N) is 3. The van der Waals surface area contributed by atoms with Gasteiger partial charge in [0.1, 0.15) is 5.82 Å². The van der Waals surface area contributed by atoms with Gasteiger partial charge in [0, 0.05) is 50.2 Å². The van der Waals surface area contributed by atoms with Gasteiger partial charge in [-0.25, -0.2) is 9.97 Å². The zero-order valence-corrected chi connectivity index (χ0v) is 14.2. The molecule has 1 saturated heterocycles. The highest BCUT2D eigenvalue weighted by Gasteiger charge is 2.32. The van der Waals surface area contributed by atoms with Crippen molar-refractivity contribution in [1.29, 1.82) is 0 Å². The highest BCUT2D eigenvalue weighted by molar-refractivity contribution is 6.33. The summed E-state index contributed by atoms with van der Waals surface area (Å²) in [7, 11) is 0. The van der Waals surface area contributed by atoms with Crippen molar-refractivity contribution in [2.75, 3.05) is 24.5 Å². The second-order valence-electron chi connectivity index (χ2n) is 6.07. The Kier molecular flexibility index (Phi) is 5.48. The van der Waals surface area contributed by atoms with Crippen molar-refractivity contribution < 1.29 is 13.2 Å². The standard InChI is InChI=1S/C16H19ClF3N5/c17-14-7-11(16(18,19)20)8-23-15(14)25-5-2-12(3-6-25)22-4-1-13-9-21-10-24-13/h7-10,12,22H,1-6H2,(H,21,24). The number of anilines is 1. The largest absolute Gasteiger partial charge is 0.417 e. The Hall–Kier alpha value is -1.80. The van der Waals surface area contributed by atoms with Crippen LogP contribution >= 0.6 is 11.6 Å². The zero-order chi connectivity index (χ0) is 17.9. The van der Waals surface area contributed by atoms with E-state index in [9.17, 15) is 13.2 Å². The average molecular weight is 374 g/mol. The molecule has 1 aliphatic rings. The molecule has 0 atom stereocenters. The highest BCUT2D eigenvalue weighted by atomic mass is 35.5. The number of hydrogen-bond donors (Lipinski definition) is 2. The third-order valence-corrected chi connectivity index (χ3v) is 4.60. The van der Waals surface area contributed by atoms with Crippen LogP contribution in [0.2, 0.25) is 5.02 Å². The number of alkyl halides is 3. The minimum absolute atomic E-state index is 0.0421.